The molecule has 1 aromatic heterocycles. The standard InChI is InChI=1S/C22H21ClN2O3/c23-17-9-11-20(12-10-17)27-14-4-8-22(26)25-18-6-3-7-21(15-18)28-16-19-5-1-2-13-24-19/h1-3,5-7,9-13,15H,4,8,14,16H2,(H,25,26). The summed E-state index contributed by atoms with van der Waals surface area (Å²) in [5.41, 5.74) is 1.54. The maximum atomic E-state index is 12.1. The Morgan fingerprint density at radius 3 is 2.61 bits per heavy atom. The van der Waals surface area contributed by atoms with Crippen molar-refractivity contribution < 1.29 is 14.3 Å². The van der Waals surface area contributed by atoms with Crippen molar-refractivity contribution >= 4 is 23.2 Å². The number of benzene rings is 2. The molecular weight excluding hydrogens is 376 g/mol. The van der Waals surface area contributed by atoms with Gasteiger partial charge in [0.1, 0.15) is 18.1 Å². The Balaban J connectivity index is 1.40. The predicted octanol–water partition coefficient (Wildman–Crippen LogP) is 5.11. The summed E-state index contributed by atoms with van der Waals surface area (Å²) in [4.78, 5) is 16.3. The monoisotopic (exact) mass is 396 g/mol. The lowest BCUT2D eigenvalue weighted by molar-refractivity contribution is -0.116. The summed E-state index contributed by atoms with van der Waals surface area (Å²) < 4.78 is 11.3. The number of ether oxygens (including phenoxy) is 2. The molecule has 0 bridgehead atoms. The molecule has 1 amide bonds. The van der Waals surface area contributed by atoms with Crippen LogP contribution >= 0.6 is 11.6 Å². The molecule has 0 saturated heterocycles. The third-order valence-corrected chi connectivity index (χ3v) is 4.11. The average molecular weight is 397 g/mol. The van der Waals surface area contributed by atoms with Crippen molar-refractivity contribution in [3.63, 3.8) is 0 Å². The summed E-state index contributed by atoms with van der Waals surface area (Å²) in [5.74, 6) is 1.35. The smallest absolute Gasteiger partial charge is 0.224 e. The highest BCUT2D eigenvalue weighted by Gasteiger charge is 2.05. The number of carbonyl (C=O) groups excluding carboxylic acids is 1. The maximum Gasteiger partial charge on any atom is 0.224 e. The summed E-state index contributed by atoms with van der Waals surface area (Å²) in [6.07, 6.45) is 2.71. The van der Waals surface area contributed by atoms with Gasteiger partial charge in [0.15, 0.2) is 0 Å². The summed E-state index contributed by atoms with van der Waals surface area (Å²) in [6, 6.07) is 20.1. The lowest BCUT2D eigenvalue weighted by Gasteiger charge is -2.09. The summed E-state index contributed by atoms with van der Waals surface area (Å²) >= 11 is 5.83. The molecule has 2 aromatic carbocycles. The molecule has 3 aromatic rings. The molecule has 28 heavy (non-hydrogen) atoms. The van der Waals surface area contributed by atoms with Gasteiger partial charge in [-0.25, -0.2) is 0 Å². The number of hydrogen-bond donors (Lipinski definition) is 1. The van der Waals surface area contributed by atoms with Gasteiger partial charge in [0.25, 0.3) is 0 Å². The SMILES string of the molecule is O=C(CCCOc1ccc(Cl)cc1)Nc1cccc(OCc2ccccn2)c1. The van der Waals surface area contributed by atoms with Crippen LogP contribution in [0.4, 0.5) is 5.69 Å². The van der Waals surface area contributed by atoms with Crippen LogP contribution in [0.25, 0.3) is 0 Å². The van der Waals surface area contributed by atoms with Crippen LogP contribution in [-0.4, -0.2) is 17.5 Å². The topological polar surface area (TPSA) is 60.5 Å². The number of nitrogens with zero attached hydrogens (tertiary/aromatic N) is 1. The number of pyridine rings is 1. The molecule has 0 saturated carbocycles. The fourth-order valence-electron chi connectivity index (χ4n) is 2.48. The van der Waals surface area contributed by atoms with E-state index in [2.05, 4.69) is 10.3 Å². The van der Waals surface area contributed by atoms with Gasteiger partial charge in [-0.15, -0.1) is 0 Å². The minimum atomic E-state index is -0.0680. The van der Waals surface area contributed by atoms with Crippen LogP contribution in [0.5, 0.6) is 11.5 Å². The Morgan fingerprint density at radius 2 is 1.82 bits per heavy atom. The fraction of sp³-hybridized carbons (Fsp3) is 0.182. The number of nitrogens with one attached hydrogen (secondary N) is 1. The van der Waals surface area contributed by atoms with Crippen molar-refractivity contribution in [1.82, 2.24) is 4.98 Å². The minimum Gasteiger partial charge on any atom is -0.494 e. The van der Waals surface area contributed by atoms with Crippen molar-refractivity contribution in [2.75, 3.05) is 11.9 Å². The van der Waals surface area contributed by atoms with E-state index < -0.39 is 0 Å². The molecule has 1 heterocycles. The molecule has 0 unspecified atom stereocenters. The van der Waals surface area contributed by atoms with E-state index >= 15 is 0 Å². The van der Waals surface area contributed by atoms with E-state index in [-0.39, 0.29) is 5.91 Å². The quantitative estimate of drug-likeness (QED) is 0.510. The third kappa shape index (κ3) is 6.59. The molecule has 0 radical (unpaired) electrons. The second-order valence-electron chi connectivity index (χ2n) is 6.09. The van der Waals surface area contributed by atoms with Gasteiger partial charge in [-0.1, -0.05) is 23.7 Å². The molecule has 0 aliphatic carbocycles. The van der Waals surface area contributed by atoms with E-state index in [1.165, 1.54) is 0 Å². The second-order valence-corrected chi connectivity index (χ2v) is 6.53. The van der Waals surface area contributed by atoms with E-state index in [9.17, 15) is 4.79 Å². The molecule has 3 rings (SSSR count). The molecular formula is C22H21ClN2O3. The van der Waals surface area contributed by atoms with Crippen LogP contribution in [0, 0.1) is 0 Å². The molecule has 6 heteroatoms. The zero-order chi connectivity index (χ0) is 19.6. The number of amides is 1. The molecule has 5 nitrogen and oxygen atoms in total. The Hall–Kier alpha value is -3.05. The van der Waals surface area contributed by atoms with Crippen LogP contribution in [0.15, 0.2) is 72.9 Å². The first-order valence-corrected chi connectivity index (χ1v) is 9.38. The average Bonchev–Trinajstić information content (AvgIpc) is 2.72. The molecule has 0 fully saturated rings. The van der Waals surface area contributed by atoms with E-state index in [1.807, 2.05) is 36.4 Å². The van der Waals surface area contributed by atoms with Gasteiger partial charge in [-0.05, 0) is 55.0 Å². The van der Waals surface area contributed by atoms with E-state index in [0.29, 0.717) is 42.5 Å². The van der Waals surface area contributed by atoms with Crippen molar-refractivity contribution in [2.24, 2.45) is 0 Å². The van der Waals surface area contributed by atoms with Gasteiger partial charge in [-0.2, -0.15) is 0 Å². The highest BCUT2D eigenvalue weighted by molar-refractivity contribution is 6.30. The zero-order valence-corrected chi connectivity index (χ0v) is 16.1. The highest BCUT2D eigenvalue weighted by Crippen LogP contribution is 2.19. The minimum absolute atomic E-state index is 0.0680. The third-order valence-electron chi connectivity index (χ3n) is 3.86. The largest absolute Gasteiger partial charge is 0.494 e. The Labute approximate surface area is 169 Å². The molecule has 0 spiro atoms. The van der Waals surface area contributed by atoms with E-state index in [1.54, 1.807) is 36.5 Å². The lowest BCUT2D eigenvalue weighted by atomic mass is 10.2. The lowest BCUT2D eigenvalue weighted by Crippen LogP contribution is -2.12. The van der Waals surface area contributed by atoms with Crippen LogP contribution in [0.1, 0.15) is 18.5 Å². The zero-order valence-electron chi connectivity index (χ0n) is 15.3. The van der Waals surface area contributed by atoms with Crippen molar-refractivity contribution in [1.29, 1.82) is 0 Å². The van der Waals surface area contributed by atoms with Crippen LogP contribution in [-0.2, 0) is 11.4 Å². The van der Waals surface area contributed by atoms with E-state index in [0.717, 1.165) is 11.4 Å². The van der Waals surface area contributed by atoms with Gasteiger partial charge in [-0.3, -0.25) is 9.78 Å². The van der Waals surface area contributed by atoms with Gasteiger partial charge >= 0.3 is 0 Å². The van der Waals surface area contributed by atoms with Gasteiger partial charge in [0.05, 0.1) is 12.3 Å². The number of rotatable bonds is 9. The summed E-state index contributed by atoms with van der Waals surface area (Å²) in [5, 5.41) is 3.54. The number of halogens is 1. The number of carbonyl (C=O) groups is 1. The number of anilines is 1. The first kappa shape index (κ1) is 19.7. The Bertz CT molecular complexity index is 886. The molecule has 1 N–H and O–H groups in total. The summed E-state index contributed by atoms with van der Waals surface area (Å²) in [6.45, 7) is 0.836. The van der Waals surface area contributed by atoms with Gasteiger partial charge in [0.2, 0.25) is 5.91 Å². The van der Waals surface area contributed by atoms with Gasteiger partial charge < -0.3 is 14.8 Å². The first-order valence-electron chi connectivity index (χ1n) is 9.00. The number of aromatic nitrogens is 1. The second kappa shape index (κ2) is 10.3. The Kier molecular flexibility index (Phi) is 7.27. The molecule has 144 valence electrons. The van der Waals surface area contributed by atoms with Crippen molar-refractivity contribution in [3.8, 4) is 11.5 Å². The maximum absolute atomic E-state index is 12.1. The van der Waals surface area contributed by atoms with Crippen LogP contribution in [0.2, 0.25) is 5.02 Å². The van der Waals surface area contributed by atoms with Crippen molar-refractivity contribution in [3.05, 3.63) is 83.6 Å². The predicted molar refractivity (Wildman–Crippen MR) is 110 cm³/mol. The van der Waals surface area contributed by atoms with Crippen LogP contribution < -0.4 is 14.8 Å². The molecule has 0 aliphatic heterocycles. The number of hydrogen-bond acceptors (Lipinski definition) is 4. The molecule has 0 aliphatic rings. The normalized spacial score (nSPS) is 10.3. The van der Waals surface area contributed by atoms with Crippen molar-refractivity contribution in [2.45, 2.75) is 19.4 Å². The van der Waals surface area contributed by atoms with E-state index in [4.69, 9.17) is 21.1 Å². The fourth-order valence-corrected chi connectivity index (χ4v) is 2.61. The molecule has 0 atom stereocenters. The summed E-state index contributed by atoms with van der Waals surface area (Å²) in [7, 11) is 0. The van der Waals surface area contributed by atoms with Gasteiger partial charge in [0, 0.05) is 29.4 Å². The highest BCUT2D eigenvalue weighted by atomic mass is 35.5. The van der Waals surface area contributed by atoms with Crippen LogP contribution in [0.3, 0.4) is 0 Å². The first-order chi connectivity index (χ1) is 13.7. The Morgan fingerprint density at radius 1 is 0.964 bits per heavy atom.